The summed E-state index contributed by atoms with van der Waals surface area (Å²) in [5.41, 5.74) is 1.22. The van der Waals surface area contributed by atoms with E-state index in [1.54, 1.807) is 0 Å². The minimum atomic E-state index is -0.842. The Kier molecular flexibility index (Phi) is 4.41. The Bertz CT molecular complexity index is 618. The van der Waals surface area contributed by atoms with Crippen LogP contribution in [0.4, 0.5) is 5.69 Å². The van der Waals surface area contributed by atoms with E-state index in [1.165, 1.54) is 18.4 Å². The molecule has 2 amide bonds. The molecular formula is C20H28N2O2. The summed E-state index contributed by atoms with van der Waals surface area (Å²) in [6.07, 6.45) is 5.72. The van der Waals surface area contributed by atoms with Gasteiger partial charge in [-0.05, 0) is 48.8 Å². The largest absolute Gasteiger partial charge is 0.352 e. The summed E-state index contributed by atoms with van der Waals surface area (Å²) < 4.78 is 0. The van der Waals surface area contributed by atoms with Crippen molar-refractivity contribution in [1.29, 1.82) is 0 Å². The van der Waals surface area contributed by atoms with Gasteiger partial charge in [-0.25, -0.2) is 0 Å². The molecule has 1 aromatic carbocycles. The summed E-state index contributed by atoms with van der Waals surface area (Å²) in [4.78, 5) is 25.2. The highest BCUT2D eigenvalue weighted by Crippen LogP contribution is 2.47. The van der Waals surface area contributed by atoms with Crippen molar-refractivity contribution in [2.45, 2.75) is 70.8 Å². The summed E-state index contributed by atoms with van der Waals surface area (Å²) >= 11 is 0. The second kappa shape index (κ2) is 6.23. The van der Waals surface area contributed by atoms with Crippen molar-refractivity contribution in [2.24, 2.45) is 5.41 Å². The monoisotopic (exact) mass is 328 g/mol. The summed E-state index contributed by atoms with van der Waals surface area (Å²) in [7, 11) is 0. The van der Waals surface area contributed by atoms with Crippen LogP contribution in [-0.2, 0) is 15.0 Å². The molecule has 0 radical (unpaired) electrons. The lowest BCUT2D eigenvalue weighted by Gasteiger charge is -2.20. The van der Waals surface area contributed by atoms with Gasteiger partial charge in [-0.2, -0.15) is 0 Å². The van der Waals surface area contributed by atoms with E-state index < -0.39 is 5.41 Å². The molecule has 2 saturated carbocycles. The van der Waals surface area contributed by atoms with Gasteiger partial charge in [0.05, 0.1) is 0 Å². The Hall–Kier alpha value is -1.84. The molecule has 1 aromatic rings. The highest BCUT2D eigenvalue weighted by atomic mass is 16.2. The van der Waals surface area contributed by atoms with Gasteiger partial charge in [0.15, 0.2) is 0 Å². The molecular weight excluding hydrogens is 300 g/mol. The van der Waals surface area contributed by atoms with E-state index in [0.717, 1.165) is 18.5 Å². The summed E-state index contributed by atoms with van der Waals surface area (Å²) in [5, 5.41) is 6.01. The van der Waals surface area contributed by atoms with Crippen LogP contribution in [0.15, 0.2) is 24.3 Å². The maximum absolute atomic E-state index is 12.6. The molecule has 0 bridgehead atoms. The highest BCUT2D eigenvalue weighted by molar-refractivity contribution is 6.13. The average molecular weight is 328 g/mol. The van der Waals surface area contributed by atoms with Gasteiger partial charge in [0.25, 0.3) is 0 Å². The normalized spacial score (nSPS) is 19.8. The van der Waals surface area contributed by atoms with Gasteiger partial charge in [0.2, 0.25) is 11.8 Å². The van der Waals surface area contributed by atoms with Crippen LogP contribution in [0.5, 0.6) is 0 Å². The van der Waals surface area contributed by atoms with Gasteiger partial charge in [-0.1, -0.05) is 45.7 Å². The molecule has 2 N–H and O–H groups in total. The van der Waals surface area contributed by atoms with Crippen LogP contribution in [0.3, 0.4) is 0 Å². The van der Waals surface area contributed by atoms with Gasteiger partial charge < -0.3 is 10.6 Å². The second-order valence-corrected chi connectivity index (χ2v) is 8.32. The number of hydrogen-bond acceptors (Lipinski definition) is 2. The van der Waals surface area contributed by atoms with Crippen LogP contribution in [0.25, 0.3) is 0 Å². The molecule has 0 spiro atoms. The van der Waals surface area contributed by atoms with Crippen molar-refractivity contribution in [3.63, 3.8) is 0 Å². The van der Waals surface area contributed by atoms with Crippen molar-refractivity contribution in [3.05, 3.63) is 29.8 Å². The third-order valence-corrected chi connectivity index (χ3v) is 5.32. The SMILES string of the molecule is CC(C)(C)c1ccc(NC(=O)C2(C(=O)NC3CCCC3)CC2)cc1. The van der Waals surface area contributed by atoms with Gasteiger partial charge in [-0.15, -0.1) is 0 Å². The third-order valence-electron chi connectivity index (χ3n) is 5.32. The summed E-state index contributed by atoms with van der Waals surface area (Å²) in [5.74, 6) is -0.250. The predicted molar refractivity (Wildman–Crippen MR) is 95.8 cm³/mol. The topological polar surface area (TPSA) is 58.2 Å². The third kappa shape index (κ3) is 3.47. The number of hydrogen-bond donors (Lipinski definition) is 2. The Labute approximate surface area is 144 Å². The van der Waals surface area contributed by atoms with Crippen molar-refractivity contribution in [3.8, 4) is 0 Å². The Morgan fingerprint density at radius 3 is 2.08 bits per heavy atom. The standard InChI is InChI=1S/C20H28N2O2/c1-19(2,3)14-8-10-16(11-9-14)22-18(24)20(12-13-20)17(23)21-15-6-4-5-7-15/h8-11,15H,4-7,12-13H2,1-3H3,(H,21,23)(H,22,24). The number of carbonyl (C=O) groups excluding carboxylic acids is 2. The van der Waals surface area contributed by atoms with Gasteiger partial charge >= 0.3 is 0 Å². The average Bonchev–Trinajstić information content (AvgIpc) is 3.19. The minimum Gasteiger partial charge on any atom is -0.352 e. The van der Waals surface area contributed by atoms with Crippen molar-refractivity contribution in [1.82, 2.24) is 5.32 Å². The predicted octanol–water partition coefficient (Wildman–Crippen LogP) is 3.76. The molecule has 0 saturated heterocycles. The number of benzene rings is 1. The second-order valence-electron chi connectivity index (χ2n) is 8.32. The van der Waals surface area contributed by atoms with E-state index in [0.29, 0.717) is 12.8 Å². The molecule has 2 fully saturated rings. The summed E-state index contributed by atoms with van der Waals surface area (Å²) in [6.45, 7) is 6.48. The van der Waals surface area contributed by atoms with E-state index in [9.17, 15) is 9.59 Å². The quantitative estimate of drug-likeness (QED) is 0.827. The van der Waals surface area contributed by atoms with Crippen molar-refractivity contribution in [2.75, 3.05) is 5.32 Å². The van der Waals surface area contributed by atoms with Crippen LogP contribution in [0.1, 0.15) is 64.9 Å². The maximum Gasteiger partial charge on any atom is 0.240 e. The highest BCUT2D eigenvalue weighted by Gasteiger charge is 2.56. The lowest BCUT2D eigenvalue weighted by Crippen LogP contribution is -2.43. The molecule has 130 valence electrons. The first-order chi connectivity index (χ1) is 11.3. The fourth-order valence-corrected chi connectivity index (χ4v) is 3.38. The zero-order chi connectivity index (χ0) is 17.4. The molecule has 4 heteroatoms. The van der Waals surface area contributed by atoms with Gasteiger partial charge in [-0.3, -0.25) is 9.59 Å². The van der Waals surface area contributed by atoms with E-state index >= 15 is 0 Å². The first kappa shape index (κ1) is 17.0. The molecule has 2 aliphatic rings. The van der Waals surface area contributed by atoms with Crippen molar-refractivity contribution >= 4 is 17.5 Å². The molecule has 0 aromatic heterocycles. The lowest BCUT2D eigenvalue weighted by atomic mass is 9.87. The number of anilines is 1. The Balaban J connectivity index is 1.62. The number of nitrogens with one attached hydrogen (secondary N) is 2. The molecule has 0 atom stereocenters. The molecule has 24 heavy (non-hydrogen) atoms. The van der Waals surface area contributed by atoms with E-state index in [-0.39, 0.29) is 23.3 Å². The summed E-state index contributed by atoms with van der Waals surface area (Å²) in [6, 6.07) is 8.17. The number of amides is 2. The van der Waals surface area contributed by atoms with Crippen LogP contribution < -0.4 is 10.6 Å². The smallest absolute Gasteiger partial charge is 0.240 e. The fraction of sp³-hybridized carbons (Fsp3) is 0.600. The number of carbonyl (C=O) groups is 2. The zero-order valence-electron chi connectivity index (χ0n) is 14.9. The van der Waals surface area contributed by atoms with Crippen LogP contribution in [0.2, 0.25) is 0 Å². The Morgan fingerprint density at radius 2 is 1.58 bits per heavy atom. The minimum absolute atomic E-state index is 0.0847. The molecule has 0 aliphatic heterocycles. The van der Waals surface area contributed by atoms with E-state index in [4.69, 9.17) is 0 Å². The lowest BCUT2D eigenvalue weighted by molar-refractivity contribution is -0.134. The van der Waals surface area contributed by atoms with E-state index in [1.807, 2.05) is 24.3 Å². The first-order valence-corrected chi connectivity index (χ1v) is 9.04. The maximum atomic E-state index is 12.6. The molecule has 4 nitrogen and oxygen atoms in total. The van der Waals surface area contributed by atoms with Crippen LogP contribution >= 0.6 is 0 Å². The molecule has 3 rings (SSSR count). The fourth-order valence-electron chi connectivity index (χ4n) is 3.38. The van der Waals surface area contributed by atoms with Crippen LogP contribution in [-0.4, -0.2) is 17.9 Å². The molecule has 0 heterocycles. The Morgan fingerprint density at radius 1 is 1.00 bits per heavy atom. The number of rotatable bonds is 4. The zero-order valence-corrected chi connectivity index (χ0v) is 14.9. The van der Waals surface area contributed by atoms with Crippen LogP contribution in [0, 0.1) is 5.41 Å². The molecule has 0 unspecified atom stereocenters. The molecule has 2 aliphatic carbocycles. The van der Waals surface area contributed by atoms with E-state index in [2.05, 4.69) is 31.4 Å². The first-order valence-electron chi connectivity index (χ1n) is 9.04. The van der Waals surface area contributed by atoms with Gasteiger partial charge in [0, 0.05) is 11.7 Å². The van der Waals surface area contributed by atoms with Gasteiger partial charge in [0.1, 0.15) is 5.41 Å². The van der Waals surface area contributed by atoms with Crippen molar-refractivity contribution < 1.29 is 9.59 Å².